The van der Waals surface area contributed by atoms with Gasteiger partial charge in [-0.2, -0.15) is 4.68 Å². The van der Waals surface area contributed by atoms with Gasteiger partial charge in [0.1, 0.15) is 0 Å². The number of carbonyl (C=O) groups excluding carboxylic acids is 1. The second-order valence-corrected chi connectivity index (χ2v) is 8.47. The van der Waals surface area contributed by atoms with Crippen LogP contribution in [0.15, 0.2) is 35.5 Å². The van der Waals surface area contributed by atoms with Gasteiger partial charge in [0, 0.05) is 35.1 Å². The van der Waals surface area contributed by atoms with Crippen molar-refractivity contribution in [2.24, 2.45) is 0 Å². The van der Waals surface area contributed by atoms with Crippen LogP contribution in [0.5, 0.6) is 0 Å². The van der Waals surface area contributed by atoms with Crippen LogP contribution in [0.25, 0.3) is 5.69 Å². The van der Waals surface area contributed by atoms with Gasteiger partial charge < -0.3 is 9.30 Å². The average Bonchev–Trinajstić information content (AvgIpc) is 3.44. The number of benzene rings is 1. The molecule has 1 fully saturated rings. The summed E-state index contributed by atoms with van der Waals surface area (Å²) in [5, 5.41) is 13.0. The minimum absolute atomic E-state index is 0.0577. The fourth-order valence-electron chi connectivity index (χ4n) is 3.60. The highest BCUT2D eigenvalue weighted by Gasteiger charge is 2.21. The molecule has 9 heteroatoms. The maximum absolute atomic E-state index is 12.9. The Morgan fingerprint density at radius 3 is 2.97 bits per heavy atom. The number of tetrazole rings is 1. The Morgan fingerprint density at radius 1 is 1.34 bits per heavy atom. The van der Waals surface area contributed by atoms with Crippen LogP contribution in [0.2, 0.25) is 5.02 Å². The molecule has 4 rings (SSSR count). The van der Waals surface area contributed by atoms with E-state index in [9.17, 15) is 4.79 Å². The fraction of sp³-hybridized carbons (Fsp3) is 0.400. The van der Waals surface area contributed by atoms with Crippen LogP contribution in [0.1, 0.15) is 34.6 Å². The van der Waals surface area contributed by atoms with Crippen LogP contribution in [0.4, 0.5) is 0 Å². The fourth-order valence-corrected chi connectivity index (χ4v) is 4.56. The first-order valence-electron chi connectivity index (χ1n) is 9.51. The lowest BCUT2D eigenvalue weighted by Gasteiger charge is -2.14. The largest absolute Gasteiger partial charge is 0.376 e. The molecule has 7 nitrogen and oxygen atoms in total. The van der Waals surface area contributed by atoms with E-state index in [1.165, 1.54) is 11.8 Å². The maximum Gasteiger partial charge on any atom is 0.214 e. The van der Waals surface area contributed by atoms with Crippen molar-refractivity contribution in [3.8, 4) is 5.69 Å². The number of halogens is 1. The standard InChI is InChI=1S/C20H22ClN5O2S/c1-13-9-18(14(2)25(13)11-17-7-4-8-28-17)19(27)12-29-20-22-23-24-26(20)16-6-3-5-15(21)10-16/h3,5-6,9-10,17H,4,7-8,11-12H2,1-2H3. The van der Waals surface area contributed by atoms with Crippen LogP contribution in [0, 0.1) is 13.8 Å². The van der Waals surface area contributed by atoms with Crippen molar-refractivity contribution in [1.29, 1.82) is 0 Å². The van der Waals surface area contributed by atoms with Crippen molar-refractivity contribution >= 4 is 29.1 Å². The summed E-state index contributed by atoms with van der Waals surface area (Å²) in [6.45, 7) is 5.65. The topological polar surface area (TPSA) is 74.8 Å². The van der Waals surface area contributed by atoms with Crippen LogP contribution in [-0.4, -0.2) is 49.0 Å². The summed E-state index contributed by atoms with van der Waals surface area (Å²) in [4.78, 5) is 12.9. The van der Waals surface area contributed by atoms with E-state index in [0.29, 0.717) is 10.2 Å². The molecule has 0 bridgehead atoms. The Hall–Kier alpha value is -2.16. The highest BCUT2D eigenvalue weighted by Crippen LogP contribution is 2.24. The molecule has 3 heterocycles. The third-order valence-electron chi connectivity index (χ3n) is 5.11. The van der Waals surface area contributed by atoms with E-state index in [0.717, 1.165) is 48.6 Å². The predicted molar refractivity (Wildman–Crippen MR) is 112 cm³/mol. The Bertz CT molecular complexity index is 1030. The molecule has 0 aliphatic carbocycles. The van der Waals surface area contributed by atoms with E-state index in [4.69, 9.17) is 16.3 Å². The van der Waals surface area contributed by atoms with Crippen LogP contribution in [-0.2, 0) is 11.3 Å². The molecule has 1 aliphatic rings. The zero-order valence-corrected chi connectivity index (χ0v) is 17.9. The summed E-state index contributed by atoms with van der Waals surface area (Å²) in [6, 6.07) is 9.24. The molecule has 1 atom stereocenters. The summed E-state index contributed by atoms with van der Waals surface area (Å²) in [5.74, 6) is 0.313. The number of hydrogen-bond donors (Lipinski definition) is 0. The van der Waals surface area contributed by atoms with Gasteiger partial charge in [-0.3, -0.25) is 4.79 Å². The molecule has 0 radical (unpaired) electrons. The number of nitrogens with zero attached hydrogens (tertiary/aromatic N) is 5. The normalized spacial score (nSPS) is 16.4. The second kappa shape index (κ2) is 8.69. The number of aryl methyl sites for hydroxylation is 1. The minimum atomic E-state index is 0.0577. The zero-order valence-electron chi connectivity index (χ0n) is 16.3. The Balaban J connectivity index is 1.46. The first-order chi connectivity index (χ1) is 14.0. The van der Waals surface area contributed by atoms with Gasteiger partial charge in [-0.15, -0.1) is 5.10 Å². The number of thioether (sulfide) groups is 1. The highest BCUT2D eigenvalue weighted by molar-refractivity contribution is 7.99. The van der Waals surface area contributed by atoms with Crippen molar-refractivity contribution in [1.82, 2.24) is 24.8 Å². The van der Waals surface area contributed by atoms with Gasteiger partial charge in [0.15, 0.2) is 5.78 Å². The number of carbonyl (C=O) groups is 1. The van der Waals surface area contributed by atoms with E-state index in [1.54, 1.807) is 16.8 Å². The van der Waals surface area contributed by atoms with Gasteiger partial charge in [0.05, 0.1) is 17.5 Å². The lowest BCUT2D eigenvalue weighted by atomic mass is 10.2. The smallest absolute Gasteiger partial charge is 0.214 e. The first kappa shape index (κ1) is 20.1. The minimum Gasteiger partial charge on any atom is -0.376 e. The lowest BCUT2D eigenvalue weighted by Crippen LogP contribution is -2.17. The van der Waals surface area contributed by atoms with Crippen molar-refractivity contribution in [3.05, 3.63) is 52.3 Å². The van der Waals surface area contributed by atoms with Gasteiger partial charge in [0.2, 0.25) is 5.16 Å². The summed E-state index contributed by atoms with van der Waals surface area (Å²) < 4.78 is 9.52. The molecule has 0 N–H and O–H groups in total. The van der Waals surface area contributed by atoms with Crippen molar-refractivity contribution in [2.75, 3.05) is 12.4 Å². The first-order valence-corrected chi connectivity index (χ1v) is 10.9. The van der Waals surface area contributed by atoms with Gasteiger partial charge in [-0.1, -0.05) is 29.4 Å². The van der Waals surface area contributed by atoms with E-state index >= 15 is 0 Å². The molecule has 0 amide bonds. The molecule has 1 aromatic carbocycles. The van der Waals surface area contributed by atoms with Crippen LogP contribution < -0.4 is 0 Å². The zero-order chi connectivity index (χ0) is 20.4. The Kier molecular flexibility index (Phi) is 6.03. The van der Waals surface area contributed by atoms with Crippen LogP contribution >= 0.6 is 23.4 Å². The van der Waals surface area contributed by atoms with E-state index < -0.39 is 0 Å². The lowest BCUT2D eigenvalue weighted by molar-refractivity contribution is 0.0957. The maximum atomic E-state index is 12.9. The quantitative estimate of drug-likeness (QED) is 0.417. The van der Waals surface area contributed by atoms with Gasteiger partial charge in [-0.25, -0.2) is 0 Å². The Morgan fingerprint density at radius 2 is 2.21 bits per heavy atom. The molecule has 1 unspecified atom stereocenters. The number of aromatic nitrogens is 5. The highest BCUT2D eigenvalue weighted by atomic mass is 35.5. The number of hydrogen-bond acceptors (Lipinski definition) is 6. The van der Waals surface area contributed by atoms with E-state index in [2.05, 4.69) is 20.1 Å². The molecule has 1 saturated heterocycles. The third-order valence-corrected chi connectivity index (χ3v) is 6.26. The van der Waals surface area contributed by atoms with E-state index in [-0.39, 0.29) is 17.6 Å². The van der Waals surface area contributed by atoms with Crippen molar-refractivity contribution < 1.29 is 9.53 Å². The third kappa shape index (κ3) is 4.39. The summed E-state index contributed by atoms with van der Waals surface area (Å²) in [5.41, 5.74) is 3.56. The molecule has 1 aliphatic heterocycles. The van der Waals surface area contributed by atoms with Gasteiger partial charge in [-0.05, 0) is 61.4 Å². The van der Waals surface area contributed by atoms with Crippen molar-refractivity contribution in [2.45, 2.75) is 44.5 Å². The molecular formula is C20H22ClN5O2S. The van der Waals surface area contributed by atoms with Gasteiger partial charge >= 0.3 is 0 Å². The molecule has 0 saturated carbocycles. The number of ketones is 1. The number of ether oxygens (including phenoxy) is 1. The molecule has 152 valence electrons. The molecule has 2 aromatic heterocycles. The number of rotatable bonds is 7. The predicted octanol–water partition coefficient (Wildman–Crippen LogP) is 3.89. The number of Topliss-reactive ketones (excluding diaryl/α,β-unsaturated/α-hetero) is 1. The molecule has 3 aromatic rings. The SMILES string of the molecule is Cc1cc(C(=O)CSc2nnnn2-c2cccc(Cl)c2)c(C)n1CC1CCCO1. The summed E-state index contributed by atoms with van der Waals surface area (Å²) in [6.07, 6.45) is 2.41. The molecule has 0 spiro atoms. The van der Waals surface area contributed by atoms with Gasteiger partial charge in [0.25, 0.3) is 0 Å². The molecular weight excluding hydrogens is 410 g/mol. The monoisotopic (exact) mass is 431 g/mol. The van der Waals surface area contributed by atoms with Crippen molar-refractivity contribution in [3.63, 3.8) is 0 Å². The van der Waals surface area contributed by atoms with Crippen LogP contribution in [0.3, 0.4) is 0 Å². The average molecular weight is 432 g/mol. The summed E-state index contributed by atoms with van der Waals surface area (Å²) >= 11 is 7.38. The Labute approximate surface area is 178 Å². The summed E-state index contributed by atoms with van der Waals surface area (Å²) in [7, 11) is 0. The second-order valence-electron chi connectivity index (χ2n) is 7.10. The van der Waals surface area contributed by atoms with E-state index in [1.807, 2.05) is 32.0 Å². The molecule has 29 heavy (non-hydrogen) atoms.